The van der Waals surface area contributed by atoms with Gasteiger partial charge in [-0.1, -0.05) is 0 Å². The second-order valence-electron chi connectivity index (χ2n) is 5.84. The van der Waals surface area contributed by atoms with E-state index in [1.807, 2.05) is 0 Å². The zero-order valence-corrected chi connectivity index (χ0v) is 12.8. The molecule has 0 radical (unpaired) electrons. The van der Waals surface area contributed by atoms with Crippen LogP contribution in [0.25, 0.3) is 0 Å². The average Bonchev–Trinajstić information content (AvgIpc) is 2.47. The first-order chi connectivity index (χ1) is 9.97. The number of carbonyl (C=O) groups excluding carboxylic acids is 2. The molecular formula is C16H23N3O2. The minimum atomic E-state index is -0.0416. The fourth-order valence-electron chi connectivity index (χ4n) is 2.57. The lowest BCUT2D eigenvalue weighted by atomic mass is 9.92. The molecule has 2 atom stereocenters. The lowest BCUT2D eigenvalue weighted by Crippen LogP contribution is -2.40. The molecule has 1 aliphatic rings. The molecule has 1 aromatic carbocycles. The SMILES string of the molecule is C[C@H]1C[C@@H](C(=O)Nc2ccc(C(=O)N(C)C)cc2)CCN1. The molecule has 1 heterocycles. The molecule has 21 heavy (non-hydrogen) atoms. The molecule has 114 valence electrons. The summed E-state index contributed by atoms with van der Waals surface area (Å²) in [6.45, 7) is 2.98. The Morgan fingerprint density at radius 3 is 2.48 bits per heavy atom. The number of amides is 2. The van der Waals surface area contributed by atoms with Gasteiger partial charge in [0, 0.05) is 37.3 Å². The van der Waals surface area contributed by atoms with Crippen LogP contribution in [0.15, 0.2) is 24.3 Å². The van der Waals surface area contributed by atoms with Crippen LogP contribution in [0.1, 0.15) is 30.1 Å². The number of nitrogens with one attached hydrogen (secondary N) is 2. The van der Waals surface area contributed by atoms with Crippen molar-refractivity contribution in [1.82, 2.24) is 10.2 Å². The smallest absolute Gasteiger partial charge is 0.253 e. The number of hydrogen-bond acceptors (Lipinski definition) is 3. The number of carbonyl (C=O) groups is 2. The standard InChI is InChI=1S/C16H23N3O2/c1-11-10-13(8-9-17-11)15(20)18-14-6-4-12(5-7-14)16(21)19(2)3/h4-7,11,13,17H,8-10H2,1-3H3,(H,18,20)/t11-,13-/m0/s1. The quantitative estimate of drug-likeness (QED) is 0.890. The van der Waals surface area contributed by atoms with Gasteiger partial charge in [0.15, 0.2) is 0 Å². The van der Waals surface area contributed by atoms with Gasteiger partial charge in [0.05, 0.1) is 0 Å². The normalized spacial score (nSPS) is 21.7. The van der Waals surface area contributed by atoms with Crippen molar-refractivity contribution in [2.75, 3.05) is 26.0 Å². The van der Waals surface area contributed by atoms with Crippen LogP contribution < -0.4 is 10.6 Å². The van der Waals surface area contributed by atoms with E-state index in [1.165, 1.54) is 4.90 Å². The number of piperidine rings is 1. The van der Waals surface area contributed by atoms with E-state index in [2.05, 4.69) is 17.6 Å². The number of nitrogens with zero attached hydrogens (tertiary/aromatic N) is 1. The highest BCUT2D eigenvalue weighted by Crippen LogP contribution is 2.19. The Balaban J connectivity index is 1.96. The molecule has 1 fully saturated rings. The van der Waals surface area contributed by atoms with E-state index in [0.29, 0.717) is 11.6 Å². The van der Waals surface area contributed by atoms with Crippen molar-refractivity contribution in [3.63, 3.8) is 0 Å². The molecule has 5 nitrogen and oxygen atoms in total. The van der Waals surface area contributed by atoms with Crippen molar-refractivity contribution >= 4 is 17.5 Å². The topological polar surface area (TPSA) is 61.4 Å². The van der Waals surface area contributed by atoms with Crippen LogP contribution >= 0.6 is 0 Å². The molecule has 0 spiro atoms. The monoisotopic (exact) mass is 289 g/mol. The maximum absolute atomic E-state index is 12.2. The van der Waals surface area contributed by atoms with Crippen LogP contribution in [0.3, 0.4) is 0 Å². The molecule has 1 saturated heterocycles. The van der Waals surface area contributed by atoms with Crippen molar-refractivity contribution in [3.8, 4) is 0 Å². The van der Waals surface area contributed by atoms with E-state index in [0.717, 1.165) is 25.1 Å². The fourth-order valence-corrected chi connectivity index (χ4v) is 2.57. The molecule has 0 saturated carbocycles. The van der Waals surface area contributed by atoms with Gasteiger partial charge in [-0.3, -0.25) is 9.59 Å². The van der Waals surface area contributed by atoms with E-state index in [9.17, 15) is 9.59 Å². The summed E-state index contributed by atoms with van der Waals surface area (Å²) >= 11 is 0. The third-order valence-corrected chi connectivity index (χ3v) is 3.80. The zero-order valence-electron chi connectivity index (χ0n) is 12.8. The summed E-state index contributed by atoms with van der Waals surface area (Å²) in [6, 6.07) is 7.42. The van der Waals surface area contributed by atoms with Crippen molar-refractivity contribution in [2.45, 2.75) is 25.8 Å². The van der Waals surface area contributed by atoms with Gasteiger partial charge in [-0.05, 0) is 50.6 Å². The largest absolute Gasteiger partial charge is 0.345 e. The minimum Gasteiger partial charge on any atom is -0.345 e. The third kappa shape index (κ3) is 4.04. The van der Waals surface area contributed by atoms with Crippen molar-refractivity contribution in [1.29, 1.82) is 0 Å². The molecule has 2 N–H and O–H groups in total. The molecule has 0 bridgehead atoms. The van der Waals surface area contributed by atoms with Gasteiger partial charge in [-0.2, -0.15) is 0 Å². The lowest BCUT2D eigenvalue weighted by molar-refractivity contribution is -0.120. The molecular weight excluding hydrogens is 266 g/mol. The van der Waals surface area contributed by atoms with Crippen LogP contribution in [-0.4, -0.2) is 43.4 Å². The van der Waals surface area contributed by atoms with E-state index in [-0.39, 0.29) is 17.7 Å². The van der Waals surface area contributed by atoms with Crippen LogP contribution in [0, 0.1) is 5.92 Å². The molecule has 1 aliphatic heterocycles. The van der Waals surface area contributed by atoms with Gasteiger partial charge in [0.1, 0.15) is 0 Å². The molecule has 0 aromatic heterocycles. The Labute approximate surface area is 125 Å². The lowest BCUT2D eigenvalue weighted by Gasteiger charge is -2.27. The number of benzene rings is 1. The summed E-state index contributed by atoms with van der Waals surface area (Å²) in [5.41, 5.74) is 1.36. The second kappa shape index (κ2) is 6.72. The summed E-state index contributed by atoms with van der Waals surface area (Å²) in [4.78, 5) is 25.6. The van der Waals surface area contributed by atoms with Crippen molar-refractivity contribution < 1.29 is 9.59 Å². The Kier molecular flexibility index (Phi) is 4.96. The van der Waals surface area contributed by atoms with Gasteiger partial charge in [-0.15, -0.1) is 0 Å². The van der Waals surface area contributed by atoms with Crippen molar-refractivity contribution in [2.24, 2.45) is 5.92 Å². The first kappa shape index (κ1) is 15.5. The molecule has 0 aliphatic carbocycles. The second-order valence-corrected chi connectivity index (χ2v) is 5.84. The van der Waals surface area contributed by atoms with Crippen LogP contribution in [0.5, 0.6) is 0 Å². The highest BCUT2D eigenvalue weighted by atomic mass is 16.2. The summed E-state index contributed by atoms with van der Waals surface area (Å²) < 4.78 is 0. The average molecular weight is 289 g/mol. The molecule has 2 rings (SSSR count). The summed E-state index contributed by atoms with van der Waals surface area (Å²) in [5.74, 6) is 0.0828. The van der Waals surface area contributed by atoms with Gasteiger partial charge in [-0.25, -0.2) is 0 Å². The van der Waals surface area contributed by atoms with Crippen LogP contribution in [0.4, 0.5) is 5.69 Å². The molecule has 0 unspecified atom stereocenters. The number of anilines is 1. The highest BCUT2D eigenvalue weighted by molar-refractivity contribution is 5.96. The van der Waals surface area contributed by atoms with Gasteiger partial charge < -0.3 is 15.5 Å². The van der Waals surface area contributed by atoms with Gasteiger partial charge >= 0.3 is 0 Å². The van der Waals surface area contributed by atoms with E-state index < -0.39 is 0 Å². The Hall–Kier alpha value is -1.88. The first-order valence-corrected chi connectivity index (χ1v) is 7.33. The first-order valence-electron chi connectivity index (χ1n) is 7.33. The highest BCUT2D eigenvalue weighted by Gasteiger charge is 2.24. The van der Waals surface area contributed by atoms with E-state index in [1.54, 1.807) is 38.4 Å². The Bertz CT molecular complexity index is 511. The molecule has 5 heteroatoms. The minimum absolute atomic E-state index is 0.0416. The number of hydrogen-bond donors (Lipinski definition) is 2. The van der Waals surface area contributed by atoms with E-state index in [4.69, 9.17) is 0 Å². The summed E-state index contributed by atoms with van der Waals surface area (Å²) in [5, 5.41) is 6.27. The summed E-state index contributed by atoms with van der Waals surface area (Å²) in [6.07, 6.45) is 1.73. The summed E-state index contributed by atoms with van der Waals surface area (Å²) in [7, 11) is 3.44. The third-order valence-electron chi connectivity index (χ3n) is 3.80. The molecule has 2 amide bonds. The zero-order chi connectivity index (χ0) is 15.4. The maximum Gasteiger partial charge on any atom is 0.253 e. The Morgan fingerprint density at radius 2 is 1.90 bits per heavy atom. The van der Waals surface area contributed by atoms with Gasteiger partial charge in [0.2, 0.25) is 5.91 Å². The predicted molar refractivity (Wildman–Crippen MR) is 83.3 cm³/mol. The van der Waals surface area contributed by atoms with Crippen molar-refractivity contribution in [3.05, 3.63) is 29.8 Å². The molecule has 1 aromatic rings. The fraction of sp³-hybridized carbons (Fsp3) is 0.500. The van der Waals surface area contributed by atoms with Crippen LogP contribution in [-0.2, 0) is 4.79 Å². The predicted octanol–water partition coefficient (Wildman–Crippen LogP) is 1.71. The van der Waals surface area contributed by atoms with E-state index >= 15 is 0 Å². The van der Waals surface area contributed by atoms with Gasteiger partial charge in [0.25, 0.3) is 5.91 Å². The number of rotatable bonds is 3. The Morgan fingerprint density at radius 1 is 1.24 bits per heavy atom. The van der Waals surface area contributed by atoms with Crippen LogP contribution in [0.2, 0.25) is 0 Å². The maximum atomic E-state index is 12.2.